The van der Waals surface area contributed by atoms with Crippen LogP contribution in [-0.2, 0) is 4.79 Å². The smallest absolute Gasteiger partial charge is 0.304 e. The first kappa shape index (κ1) is 13.6. The third kappa shape index (κ3) is 3.82. The molecule has 0 fully saturated rings. The molecule has 0 bridgehead atoms. The van der Waals surface area contributed by atoms with Crippen LogP contribution in [0.3, 0.4) is 0 Å². The summed E-state index contributed by atoms with van der Waals surface area (Å²) < 4.78 is 13.1. The molecular formula is C13H18FNO2. The predicted octanol–water partition coefficient (Wildman–Crippen LogP) is 2.60. The second-order valence-corrected chi connectivity index (χ2v) is 4.31. The number of hydrogen-bond donors (Lipinski definition) is 1. The van der Waals surface area contributed by atoms with Crippen LogP contribution >= 0.6 is 0 Å². The SMILES string of the molecule is Cc1cc(C(C)N(C)CCC(=O)O)ccc1F. The number of carbonyl (C=O) groups is 1. The second kappa shape index (κ2) is 5.77. The van der Waals surface area contributed by atoms with E-state index in [1.54, 1.807) is 19.1 Å². The number of rotatable bonds is 5. The topological polar surface area (TPSA) is 40.5 Å². The lowest BCUT2D eigenvalue weighted by Gasteiger charge is -2.24. The van der Waals surface area contributed by atoms with Crippen LogP contribution in [0.25, 0.3) is 0 Å². The summed E-state index contributed by atoms with van der Waals surface area (Å²) in [5.74, 6) is -1.02. The van der Waals surface area contributed by atoms with Crippen LogP contribution in [0, 0.1) is 12.7 Å². The van der Waals surface area contributed by atoms with Gasteiger partial charge >= 0.3 is 5.97 Å². The van der Waals surface area contributed by atoms with Gasteiger partial charge in [0.15, 0.2) is 0 Å². The van der Waals surface area contributed by atoms with E-state index in [1.807, 2.05) is 18.9 Å². The largest absolute Gasteiger partial charge is 0.481 e. The van der Waals surface area contributed by atoms with Crippen LogP contribution in [0.2, 0.25) is 0 Å². The highest BCUT2D eigenvalue weighted by Gasteiger charge is 2.13. The highest BCUT2D eigenvalue weighted by atomic mass is 19.1. The summed E-state index contributed by atoms with van der Waals surface area (Å²) in [4.78, 5) is 12.4. The molecule has 4 heteroatoms. The minimum absolute atomic E-state index is 0.0775. The van der Waals surface area contributed by atoms with E-state index < -0.39 is 5.97 Å². The van der Waals surface area contributed by atoms with Crippen molar-refractivity contribution in [2.45, 2.75) is 26.3 Å². The average Bonchev–Trinajstić information content (AvgIpc) is 2.28. The van der Waals surface area contributed by atoms with Crippen molar-refractivity contribution >= 4 is 5.97 Å². The Morgan fingerprint density at radius 3 is 2.71 bits per heavy atom. The Labute approximate surface area is 101 Å². The number of benzene rings is 1. The van der Waals surface area contributed by atoms with Gasteiger partial charge in [-0.2, -0.15) is 0 Å². The number of carboxylic acids is 1. The maximum atomic E-state index is 13.1. The zero-order valence-electron chi connectivity index (χ0n) is 10.4. The second-order valence-electron chi connectivity index (χ2n) is 4.31. The molecule has 0 saturated heterocycles. The summed E-state index contributed by atoms with van der Waals surface area (Å²) in [5.41, 5.74) is 1.61. The molecule has 0 amide bonds. The molecular weight excluding hydrogens is 221 g/mol. The number of nitrogens with zero attached hydrogens (tertiary/aromatic N) is 1. The molecule has 1 unspecified atom stereocenters. The van der Waals surface area contributed by atoms with Gasteiger partial charge in [-0.25, -0.2) is 4.39 Å². The maximum absolute atomic E-state index is 13.1. The first-order valence-corrected chi connectivity index (χ1v) is 5.60. The Balaban J connectivity index is 2.70. The molecule has 0 radical (unpaired) electrons. The summed E-state index contributed by atoms with van der Waals surface area (Å²) in [6.45, 7) is 4.18. The molecule has 0 aliphatic heterocycles. The molecule has 0 spiro atoms. The van der Waals surface area contributed by atoms with E-state index >= 15 is 0 Å². The molecule has 17 heavy (non-hydrogen) atoms. The number of carboxylic acid groups (broad SMARTS) is 1. The van der Waals surface area contributed by atoms with Crippen molar-refractivity contribution in [3.8, 4) is 0 Å². The molecule has 0 aliphatic carbocycles. The number of aliphatic carboxylic acids is 1. The van der Waals surface area contributed by atoms with E-state index in [9.17, 15) is 9.18 Å². The Hall–Kier alpha value is -1.42. The van der Waals surface area contributed by atoms with Crippen LogP contribution < -0.4 is 0 Å². The minimum Gasteiger partial charge on any atom is -0.481 e. The fourth-order valence-corrected chi connectivity index (χ4v) is 1.65. The normalized spacial score (nSPS) is 12.8. The fraction of sp³-hybridized carbons (Fsp3) is 0.462. The molecule has 1 atom stereocenters. The van der Waals surface area contributed by atoms with Gasteiger partial charge in [-0.15, -0.1) is 0 Å². The van der Waals surface area contributed by atoms with E-state index in [0.717, 1.165) is 5.56 Å². The molecule has 3 nitrogen and oxygen atoms in total. The van der Waals surface area contributed by atoms with Crippen LogP contribution in [0.5, 0.6) is 0 Å². The Morgan fingerprint density at radius 2 is 2.18 bits per heavy atom. The summed E-state index contributed by atoms with van der Waals surface area (Å²) >= 11 is 0. The van der Waals surface area contributed by atoms with Crippen molar-refractivity contribution in [2.24, 2.45) is 0 Å². The van der Waals surface area contributed by atoms with Gasteiger partial charge in [0.05, 0.1) is 6.42 Å². The van der Waals surface area contributed by atoms with Gasteiger partial charge in [0.1, 0.15) is 5.82 Å². The average molecular weight is 239 g/mol. The molecule has 0 heterocycles. The van der Waals surface area contributed by atoms with Crippen molar-refractivity contribution in [1.29, 1.82) is 0 Å². The van der Waals surface area contributed by atoms with Crippen molar-refractivity contribution in [1.82, 2.24) is 4.90 Å². The summed E-state index contributed by atoms with van der Waals surface area (Å²) in [6, 6.07) is 5.07. The Morgan fingerprint density at radius 1 is 1.53 bits per heavy atom. The minimum atomic E-state index is -0.806. The van der Waals surface area contributed by atoms with Crippen LogP contribution in [0.1, 0.15) is 30.5 Å². The van der Waals surface area contributed by atoms with E-state index in [0.29, 0.717) is 12.1 Å². The van der Waals surface area contributed by atoms with Crippen molar-refractivity contribution in [2.75, 3.05) is 13.6 Å². The van der Waals surface area contributed by atoms with Crippen molar-refractivity contribution in [3.05, 3.63) is 35.1 Å². The van der Waals surface area contributed by atoms with E-state index in [-0.39, 0.29) is 18.3 Å². The quantitative estimate of drug-likeness (QED) is 0.858. The number of aryl methyl sites for hydroxylation is 1. The van der Waals surface area contributed by atoms with Crippen molar-refractivity contribution in [3.63, 3.8) is 0 Å². The van der Waals surface area contributed by atoms with Crippen LogP contribution in [-0.4, -0.2) is 29.6 Å². The van der Waals surface area contributed by atoms with Crippen molar-refractivity contribution < 1.29 is 14.3 Å². The molecule has 0 aromatic heterocycles. The van der Waals surface area contributed by atoms with Gasteiger partial charge in [0, 0.05) is 12.6 Å². The van der Waals surface area contributed by atoms with Gasteiger partial charge in [0.25, 0.3) is 0 Å². The summed E-state index contributed by atoms with van der Waals surface area (Å²) in [6.07, 6.45) is 0.112. The summed E-state index contributed by atoms with van der Waals surface area (Å²) in [5, 5.41) is 8.62. The van der Waals surface area contributed by atoms with E-state index in [2.05, 4.69) is 0 Å². The summed E-state index contributed by atoms with van der Waals surface area (Å²) in [7, 11) is 1.87. The van der Waals surface area contributed by atoms with E-state index in [4.69, 9.17) is 5.11 Å². The molecule has 0 saturated carbocycles. The first-order valence-electron chi connectivity index (χ1n) is 5.60. The highest BCUT2D eigenvalue weighted by molar-refractivity contribution is 5.66. The third-order valence-corrected chi connectivity index (χ3v) is 3.00. The maximum Gasteiger partial charge on any atom is 0.304 e. The van der Waals surface area contributed by atoms with Crippen LogP contribution in [0.15, 0.2) is 18.2 Å². The molecule has 0 aliphatic rings. The lowest BCUT2D eigenvalue weighted by molar-refractivity contribution is -0.137. The van der Waals surface area contributed by atoms with Gasteiger partial charge in [-0.1, -0.05) is 12.1 Å². The van der Waals surface area contributed by atoms with E-state index in [1.165, 1.54) is 6.07 Å². The Kier molecular flexibility index (Phi) is 4.63. The molecule has 94 valence electrons. The first-order chi connectivity index (χ1) is 7.91. The lowest BCUT2D eigenvalue weighted by atomic mass is 10.0. The fourth-order valence-electron chi connectivity index (χ4n) is 1.65. The third-order valence-electron chi connectivity index (χ3n) is 3.00. The van der Waals surface area contributed by atoms with Gasteiger partial charge < -0.3 is 5.11 Å². The molecule has 1 aromatic rings. The number of halogens is 1. The molecule has 1 rings (SSSR count). The Bertz CT molecular complexity index is 406. The predicted molar refractivity (Wildman–Crippen MR) is 64.4 cm³/mol. The number of hydrogen-bond acceptors (Lipinski definition) is 2. The van der Waals surface area contributed by atoms with Crippen LogP contribution in [0.4, 0.5) is 4.39 Å². The zero-order valence-corrected chi connectivity index (χ0v) is 10.4. The van der Waals surface area contributed by atoms with Gasteiger partial charge in [-0.3, -0.25) is 9.69 Å². The molecule has 1 N–H and O–H groups in total. The highest BCUT2D eigenvalue weighted by Crippen LogP contribution is 2.21. The standard InChI is InChI=1S/C13H18FNO2/c1-9-8-11(4-5-12(9)14)10(2)15(3)7-6-13(16)17/h4-5,8,10H,6-7H2,1-3H3,(H,16,17). The van der Waals surface area contributed by atoms with Gasteiger partial charge in [0.2, 0.25) is 0 Å². The van der Waals surface area contributed by atoms with Gasteiger partial charge in [-0.05, 0) is 38.1 Å². The monoisotopic (exact) mass is 239 g/mol. The lowest BCUT2D eigenvalue weighted by Crippen LogP contribution is -2.25. The molecule has 1 aromatic carbocycles. The zero-order chi connectivity index (χ0) is 13.0.